The molecule has 34 heavy (non-hydrogen) atoms. The lowest BCUT2D eigenvalue weighted by molar-refractivity contribution is -0.118. The third-order valence-corrected chi connectivity index (χ3v) is 5.50. The molecule has 8 heteroatoms. The van der Waals surface area contributed by atoms with Gasteiger partial charge in [0.1, 0.15) is 17.4 Å². The summed E-state index contributed by atoms with van der Waals surface area (Å²) >= 11 is 9.24. The van der Waals surface area contributed by atoms with E-state index in [1.54, 1.807) is 48.5 Å². The van der Waals surface area contributed by atoms with Crippen LogP contribution in [-0.2, 0) is 9.59 Å². The number of hydrogen-bond acceptors (Lipinski definition) is 4. The number of nitrogens with zero attached hydrogens (tertiary/aromatic N) is 1. The number of anilines is 2. The van der Waals surface area contributed by atoms with E-state index in [-0.39, 0.29) is 18.1 Å². The monoisotopic (exact) mass is 537 g/mol. The fraction of sp³-hybridized carbons (Fsp3) is 0.115. The Bertz CT molecular complexity index is 1300. The highest BCUT2D eigenvalue weighted by Gasteiger charge is 2.14. The number of carbonyl (C=O) groups is 2. The predicted octanol–water partition coefficient (Wildman–Crippen LogP) is 6.28. The first-order valence-corrected chi connectivity index (χ1v) is 11.4. The van der Waals surface area contributed by atoms with Crippen molar-refractivity contribution in [1.29, 1.82) is 5.26 Å². The molecule has 3 aromatic carbocycles. The van der Waals surface area contributed by atoms with Gasteiger partial charge in [0.05, 0.1) is 0 Å². The first-order chi connectivity index (χ1) is 16.2. The van der Waals surface area contributed by atoms with Crippen LogP contribution in [0, 0.1) is 25.2 Å². The second-order valence-corrected chi connectivity index (χ2v) is 8.82. The van der Waals surface area contributed by atoms with Crippen LogP contribution in [0.1, 0.15) is 16.7 Å². The van der Waals surface area contributed by atoms with Gasteiger partial charge in [-0.15, -0.1) is 0 Å². The minimum absolute atomic E-state index is 0.103. The van der Waals surface area contributed by atoms with Gasteiger partial charge in [-0.2, -0.15) is 5.26 Å². The van der Waals surface area contributed by atoms with Gasteiger partial charge in [-0.1, -0.05) is 45.2 Å². The normalized spacial score (nSPS) is 10.9. The zero-order valence-corrected chi connectivity index (χ0v) is 20.8. The molecule has 6 nitrogen and oxygen atoms in total. The molecule has 3 rings (SSSR count). The number of ether oxygens (including phenoxy) is 1. The number of halogens is 2. The van der Waals surface area contributed by atoms with Gasteiger partial charge in [0, 0.05) is 26.4 Å². The number of nitrogens with one attached hydrogen (secondary N) is 2. The number of aryl methyl sites for hydroxylation is 2. The standard InChI is InChI=1S/C26H21BrClN3O3/c1-16-3-9-23(17(2)11-16)31-26(33)19(14-29)12-18-13-20(27)4-10-24(18)34-15-25(32)30-22-7-5-21(28)6-8-22/h3-13H,15H2,1-2H3,(H,30,32)(H,31,33)/b19-12+. The summed E-state index contributed by atoms with van der Waals surface area (Å²) in [7, 11) is 0. The summed E-state index contributed by atoms with van der Waals surface area (Å²) in [5.41, 5.74) is 3.55. The fourth-order valence-corrected chi connectivity index (χ4v) is 3.59. The van der Waals surface area contributed by atoms with Gasteiger partial charge in [0.15, 0.2) is 6.61 Å². The van der Waals surface area contributed by atoms with Crippen LogP contribution in [0.5, 0.6) is 5.75 Å². The molecule has 0 aliphatic heterocycles. The first-order valence-electron chi connectivity index (χ1n) is 10.2. The van der Waals surface area contributed by atoms with E-state index in [1.165, 1.54) is 6.08 Å². The Morgan fingerprint density at radius 2 is 1.79 bits per heavy atom. The van der Waals surface area contributed by atoms with Crippen LogP contribution in [0.2, 0.25) is 5.02 Å². The van der Waals surface area contributed by atoms with Crippen molar-refractivity contribution in [3.63, 3.8) is 0 Å². The average molecular weight is 539 g/mol. The molecule has 0 aliphatic rings. The molecule has 3 aromatic rings. The first kappa shape index (κ1) is 25.0. The molecule has 0 aromatic heterocycles. The Labute approximate surface area is 211 Å². The minimum atomic E-state index is -0.541. The molecule has 0 saturated heterocycles. The van der Waals surface area contributed by atoms with Crippen LogP contribution in [0.25, 0.3) is 6.08 Å². The molecule has 0 fully saturated rings. The lowest BCUT2D eigenvalue weighted by atomic mass is 10.1. The van der Waals surface area contributed by atoms with Crippen LogP contribution >= 0.6 is 27.5 Å². The molecule has 172 valence electrons. The highest BCUT2D eigenvalue weighted by Crippen LogP contribution is 2.26. The van der Waals surface area contributed by atoms with Gasteiger partial charge >= 0.3 is 0 Å². The van der Waals surface area contributed by atoms with Crippen molar-refractivity contribution >= 4 is 56.8 Å². The Morgan fingerprint density at radius 3 is 2.47 bits per heavy atom. The van der Waals surface area contributed by atoms with Crippen molar-refractivity contribution in [2.75, 3.05) is 17.2 Å². The minimum Gasteiger partial charge on any atom is -0.483 e. The molecule has 0 saturated carbocycles. The number of benzene rings is 3. The highest BCUT2D eigenvalue weighted by atomic mass is 79.9. The third-order valence-electron chi connectivity index (χ3n) is 4.75. The van der Waals surface area contributed by atoms with Crippen LogP contribution in [-0.4, -0.2) is 18.4 Å². The number of carbonyl (C=O) groups excluding carboxylic acids is 2. The van der Waals surface area contributed by atoms with Crippen LogP contribution < -0.4 is 15.4 Å². The number of rotatable bonds is 7. The van der Waals surface area contributed by atoms with Crippen molar-refractivity contribution in [2.45, 2.75) is 13.8 Å². The highest BCUT2D eigenvalue weighted by molar-refractivity contribution is 9.10. The molecule has 0 radical (unpaired) electrons. The summed E-state index contributed by atoms with van der Waals surface area (Å²) in [6.07, 6.45) is 1.43. The van der Waals surface area contributed by atoms with Crippen LogP contribution in [0.4, 0.5) is 11.4 Å². The maximum Gasteiger partial charge on any atom is 0.266 e. The van der Waals surface area contributed by atoms with Gasteiger partial charge in [-0.3, -0.25) is 9.59 Å². The molecular weight excluding hydrogens is 518 g/mol. The van der Waals surface area contributed by atoms with Crippen molar-refractivity contribution in [2.24, 2.45) is 0 Å². The summed E-state index contributed by atoms with van der Waals surface area (Å²) in [5.74, 6) is -0.560. The van der Waals surface area contributed by atoms with Crippen molar-refractivity contribution in [3.05, 3.63) is 92.4 Å². The predicted molar refractivity (Wildman–Crippen MR) is 138 cm³/mol. The van der Waals surface area contributed by atoms with Crippen molar-refractivity contribution < 1.29 is 14.3 Å². The largest absolute Gasteiger partial charge is 0.483 e. The van der Waals surface area contributed by atoms with Gasteiger partial charge in [0.2, 0.25) is 0 Å². The maximum atomic E-state index is 12.7. The lowest BCUT2D eigenvalue weighted by Crippen LogP contribution is -2.20. The molecule has 0 heterocycles. The molecule has 0 atom stereocenters. The van der Waals surface area contributed by atoms with E-state index in [2.05, 4.69) is 26.6 Å². The average Bonchev–Trinajstić information content (AvgIpc) is 2.80. The van der Waals surface area contributed by atoms with E-state index in [9.17, 15) is 14.9 Å². The quantitative estimate of drug-likeness (QED) is 0.273. The summed E-state index contributed by atoms with van der Waals surface area (Å²) in [4.78, 5) is 25.0. The molecule has 0 spiro atoms. The Hall–Kier alpha value is -3.60. The third kappa shape index (κ3) is 6.95. The smallest absolute Gasteiger partial charge is 0.266 e. The SMILES string of the molecule is Cc1ccc(NC(=O)/C(C#N)=C/c2cc(Br)ccc2OCC(=O)Nc2ccc(Cl)cc2)c(C)c1. The topological polar surface area (TPSA) is 91.2 Å². The van der Waals surface area contributed by atoms with Crippen molar-refractivity contribution in [1.82, 2.24) is 0 Å². The van der Waals surface area contributed by atoms with E-state index in [0.717, 1.165) is 15.6 Å². The van der Waals surface area contributed by atoms with Crippen LogP contribution in [0.3, 0.4) is 0 Å². The van der Waals surface area contributed by atoms with E-state index in [4.69, 9.17) is 16.3 Å². The maximum absolute atomic E-state index is 12.7. The van der Waals surface area contributed by atoms with Gasteiger partial charge in [0.25, 0.3) is 11.8 Å². The van der Waals surface area contributed by atoms with Gasteiger partial charge < -0.3 is 15.4 Å². The summed E-state index contributed by atoms with van der Waals surface area (Å²) in [6, 6.07) is 19.4. The molecular formula is C26H21BrClN3O3. The second kappa shape index (κ2) is 11.5. The number of nitriles is 1. The van der Waals surface area contributed by atoms with Crippen molar-refractivity contribution in [3.8, 4) is 11.8 Å². The zero-order valence-electron chi connectivity index (χ0n) is 18.5. The van der Waals surface area contributed by atoms with Gasteiger partial charge in [-0.05, 0) is 74.0 Å². The molecule has 2 amide bonds. The van der Waals surface area contributed by atoms with Crippen LogP contribution in [0.15, 0.2) is 70.7 Å². The lowest BCUT2D eigenvalue weighted by Gasteiger charge is -2.11. The molecule has 2 N–H and O–H groups in total. The summed E-state index contributed by atoms with van der Waals surface area (Å²) < 4.78 is 6.41. The summed E-state index contributed by atoms with van der Waals surface area (Å²) in [5, 5.41) is 15.7. The molecule has 0 aliphatic carbocycles. The number of hydrogen-bond donors (Lipinski definition) is 2. The zero-order chi connectivity index (χ0) is 24.7. The van der Waals surface area contributed by atoms with E-state index in [0.29, 0.717) is 27.7 Å². The number of amides is 2. The molecule has 0 bridgehead atoms. The Morgan fingerprint density at radius 1 is 1.06 bits per heavy atom. The van der Waals surface area contributed by atoms with Gasteiger partial charge in [-0.25, -0.2) is 0 Å². The molecule has 0 unspecified atom stereocenters. The Kier molecular flexibility index (Phi) is 8.47. The van der Waals surface area contributed by atoms with E-state index < -0.39 is 5.91 Å². The van der Waals surface area contributed by atoms with E-state index in [1.807, 2.05) is 32.0 Å². The second-order valence-electron chi connectivity index (χ2n) is 7.47. The Balaban J connectivity index is 1.75. The fourth-order valence-electron chi connectivity index (χ4n) is 3.08. The summed E-state index contributed by atoms with van der Waals surface area (Å²) in [6.45, 7) is 3.58. The van der Waals surface area contributed by atoms with E-state index >= 15 is 0 Å².